The van der Waals surface area contributed by atoms with E-state index in [1.165, 1.54) is 12.8 Å². The van der Waals surface area contributed by atoms with Crippen LogP contribution < -0.4 is 0 Å². The van der Waals surface area contributed by atoms with Crippen LogP contribution in [0.3, 0.4) is 0 Å². The van der Waals surface area contributed by atoms with Gasteiger partial charge in [0.1, 0.15) is 0 Å². The minimum Gasteiger partial charge on any atom is -0.396 e. The van der Waals surface area contributed by atoms with Gasteiger partial charge in [0.15, 0.2) is 0 Å². The zero-order valence-electron chi connectivity index (χ0n) is 7.90. The van der Waals surface area contributed by atoms with Crippen LogP contribution in [0.1, 0.15) is 46.0 Å². The lowest BCUT2D eigenvalue weighted by atomic mass is 9.80. The summed E-state index contributed by atoms with van der Waals surface area (Å²) in [5.41, 5.74) is 0.144. The molecule has 0 bridgehead atoms. The zero-order chi connectivity index (χ0) is 8.74. The van der Waals surface area contributed by atoms with Crippen molar-refractivity contribution >= 4 is 0 Å². The molecule has 11 heavy (non-hydrogen) atoms. The van der Waals surface area contributed by atoms with E-state index < -0.39 is 0 Å². The van der Waals surface area contributed by atoms with E-state index in [0.717, 1.165) is 19.3 Å². The highest BCUT2D eigenvalue weighted by Gasteiger charge is 2.20. The minimum absolute atomic E-state index is 0.144. The van der Waals surface area contributed by atoms with Crippen molar-refractivity contribution in [3.05, 3.63) is 6.92 Å². The van der Waals surface area contributed by atoms with E-state index in [2.05, 4.69) is 20.8 Å². The molecule has 0 rings (SSSR count). The second-order valence-electron chi connectivity index (χ2n) is 3.43. The molecule has 0 aliphatic heterocycles. The van der Waals surface area contributed by atoms with E-state index in [0.29, 0.717) is 0 Å². The van der Waals surface area contributed by atoms with Crippen LogP contribution in [-0.4, -0.2) is 11.7 Å². The summed E-state index contributed by atoms with van der Waals surface area (Å²) in [5.74, 6) is 0. The van der Waals surface area contributed by atoms with E-state index in [1.807, 2.05) is 0 Å². The van der Waals surface area contributed by atoms with E-state index in [-0.39, 0.29) is 12.0 Å². The van der Waals surface area contributed by atoms with Crippen molar-refractivity contribution in [2.24, 2.45) is 5.41 Å². The Kier molecular flexibility index (Phi) is 5.57. The first-order valence-electron chi connectivity index (χ1n) is 4.64. The lowest BCUT2D eigenvalue weighted by Crippen LogP contribution is -2.17. The number of aliphatic hydroxyl groups is 1. The molecule has 0 aromatic carbocycles. The molecule has 0 heterocycles. The molecule has 0 aromatic rings. The van der Waals surface area contributed by atoms with Gasteiger partial charge in [-0.1, -0.05) is 33.1 Å². The van der Waals surface area contributed by atoms with Gasteiger partial charge >= 0.3 is 0 Å². The number of hydrogen-bond donors (Lipinski definition) is 1. The molecule has 0 fully saturated rings. The highest BCUT2D eigenvalue weighted by atomic mass is 16.3. The van der Waals surface area contributed by atoms with Crippen molar-refractivity contribution in [2.45, 2.75) is 46.0 Å². The van der Waals surface area contributed by atoms with Crippen molar-refractivity contribution in [2.75, 3.05) is 6.61 Å². The molecule has 1 nitrogen and oxygen atoms in total. The van der Waals surface area contributed by atoms with Gasteiger partial charge in [0.25, 0.3) is 0 Å². The smallest absolute Gasteiger partial charge is 0.0436 e. The Morgan fingerprint density at radius 3 is 2.27 bits per heavy atom. The monoisotopic (exact) mass is 157 g/mol. The van der Waals surface area contributed by atoms with Gasteiger partial charge in [-0.2, -0.15) is 0 Å². The first kappa shape index (κ1) is 11.0. The van der Waals surface area contributed by atoms with Crippen LogP contribution in [0.15, 0.2) is 0 Å². The molecule has 67 valence electrons. The molecule has 0 amide bonds. The van der Waals surface area contributed by atoms with Crippen LogP contribution in [0.2, 0.25) is 0 Å². The molecule has 1 heteroatoms. The Hall–Kier alpha value is -0.0400. The Labute approximate surface area is 70.8 Å². The number of rotatable bonds is 6. The van der Waals surface area contributed by atoms with Crippen molar-refractivity contribution < 1.29 is 5.11 Å². The fraction of sp³-hybridized carbons (Fsp3) is 0.900. The molecule has 0 saturated heterocycles. The summed E-state index contributed by atoms with van der Waals surface area (Å²) >= 11 is 0. The van der Waals surface area contributed by atoms with Crippen molar-refractivity contribution in [3.8, 4) is 0 Å². The van der Waals surface area contributed by atoms with Crippen molar-refractivity contribution in [1.29, 1.82) is 0 Å². The summed E-state index contributed by atoms with van der Waals surface area (Å²) in [6.45, 7) is 8.77. The molecule has 1 N–H and O–H groups in total. The summed E-state index contributed by atoms with van der Waals surface area (Å²) in [7, 11) is 0. The predicted molar refractivity (Wildman–Crippen MR) is 49.3 cm³/mol. The van der Waals surface area contributed by atoms with E-state index >= 15 is 0 Å². The summed E-state index contributed by atoms with van der Waals surface area (Å²) in [6.07, 6.45) is 5.54. The highest BCUT2D eigenvalue weighted by molar-refractivity contribution is 4.79. The number of aliphatic hydroxyl groups excluding tert-OH is 1. The average molecular weight is 157 g/mol. The maximum Gasteiger partial charge on any atom is 0.0436 e. The molecular weight excluding hydrogens is 136 g/mol. The standard InChI is InChI=1S/C10H21O/c1-4-6-7-10(3,5-2)8-9-11/h11H,3-9H2,1-2H3. The second-order valence-corrected chi connectivity index (χ2v) is 3.43. The van der Waals surface area contributed by atoms with Crippen LogP contribution in [-0.2, 0) is 0 Å². The molecule has 1 atom stereocenters. The number of hydrogen-bond acceptors (Lipinski definition) is 1. The first-order valence-corrected chi connectivity index (χ1v) is 4.64. The Balaban J connectivity index is 3.68. The fourth-order valence-corrected chi connectivity index (χ4v) is 1.27. The molecule has 0 aromatic heterocycles. The lowest BCUT2D eigenvalue weighted by molar-refractivity contribution is 0.200. The molecule has 0 aliphatic carbocycles. The predicted octanol–water partition coefficient (Wildman–Crippen LogP) is 2.79. The van der Waals surface area contributed by atoms with Gasteiger partial charge in [0.05, 0.1) is 0 Å². The second kappa shape index (κ2) is 5.59. The van der Waals surface area contributed by atoms with Crippen LogP contribution in [0, 0.1) is 12.3 Å². The third-order valence-corrected chi connectivity index (χ3v) is 2.45. The maximum absolute atomic E-state index is 8.79. The maximum atomic E-state index is 8.79. The molecule has 1 unspecified atom stereocenters. The largest absolute Gasteiger partial charge is 0.396 e. The van der Waals surface area contributed by atoms with Gasteiger partial charge in [-0.05, 0) is 25.2 Å². The van der Waals surface area contributed by atoms with Gasteiger partial charge in [0, 0.05) is 6.61 Å². The molecule has 1 radical (unpaired) electrons. The highest BCUT2D eigenvalue weighted by Crippen LogP contribution is 2.30. The average Bonchev–Trinajstić information content (AvgIpc) is 2.02. The third-order valence-electron chi connectivity index (χ3n) is 2.45. The van der Waals surface area contributed by atoms with E-state index in [1.54, 1.807) is 0 Å². The van der Waals surface area contributed by atoms with Gasteiger partial charge in [0.2, 0.25) is 0 Å². The van der Waals surface area contributed by atoms with Gasteiger partial charge in [-0.25, -0.2) is 0 Å². The number of unbranched alkanes of at least 4 members (excludes halogenated alkanes) is 1. The first-order chi connectivity index (χ1) is 5.18. The quantitative estimate of drug-likeness (QED) is 0.628. The van der Waals surface area contributed by atoms with E-state index in [4.69, 9.17) is 5.11 Å². The van der Waals surface area contributed by atoms with Crippen LogP contribution >= 0.6 is 0 Å². The van der Waals surface area contributed by atoms with Crippen LogP contribution in [0.25, 0.3) is 0 Å². The lowest BCUT2D eigenvalue weighted by Gasteiger charge is -2.26. The summed E-state index contributed by atoms with van der Waals surface area (Å²) in [5, 5.41) is 8.79. The molecule has 0 spiro atoms. The van der Waals surface area contributed by atoms with Crippen LogP contribution in [0.5, 0.6) is 0 Å². The molecule has 0 aliphatic rings. The van der Waals surface area contributed by atoms with Gasteiger partial charge < -0.3 is 5.11 Å². The fourth-order valence-electron chi connectivity index (χ4n) is 1.27. The van der Waals surface area contributed by atoms with Crippen molar-refractivity contribution in [3.63, 3.8) is 0 Å². The van der Waals surface area contributed by atoms with Gasteiger partial charge in [-0.15, -0.1) is 0 Å². The third kappa shape index (κ3) is 4.41. The Morgan fingerprint density at radius 1 is 1.27 bits per heavy atom. The topological polar surface area (TPSA) is 20.2 Å². The Morgan fingerprint density at radius 2 is 1.91 bits per heavy atom. The SMILES string of the molecule is [CH2]C(CC)(CCO)CCCC. The van der Waals surface area contributed by atoms with E-state index in [9.17, 15) is 0 Å². The van der Waals surface area contributed by atoms with Gasteiger partial charge in [-0.3, -0.25) is 0 Å². The summed E-state index contributed by atoms with van der Waals surface area (Å²) in [6, 6.07) is 0. The van der Waals surface area contributed by atoms with Crippen molar-refractivity contribution in [1.82, 2.24) is 0 Å². The minimum atomic E-state index is 0.144. The molecular formula is C10H21O. The Bertz CT molecular complexity index is 90.9. The zero-order valence-corrected chi connectivity index (χ0v) is 7.90. The molecule has 0 saturated carbocycles. The van der Waals surface area contributed by atoms with Crippen LogP contribution in [0.4, 0.5) is 0 Å². The normalized spacial score (nSPS) is 16.4. The summed E-state index contributed by atoms with van der Waals surface area (Å²) < 4.78 is 0. The summed E-state index contributed by atoms with van der Waals surface area (Å²) in [4.78, 5) is 0.